The highest BCUT2D eigenvalue weighted by Crippen LogP contribution is 2.39. The largest absolute Gasteiger partial charge is 0.501 e. The third-order valence-corrected chi connectivity index (χ3v) is 2.54. The zero-order chi connectivity index (χ0) is 8.97. The molecule has 0 saturated heterocycles. The van der Waals surface area contributed by atoms with E-state index in [1.54, 1.807) is 18.0 Å². The van der Waals surface area contributed by atoms with E-state index in [-0.39, 0.29) is 5.92 Å². The maximum Gasteiger partial charge on any atom is 0.0996 e. The summed E-state index contributed by atoms with van der Waals surface area (Å²) in [5, 5.41) is 8.75. The van der Waals surface area contributed by atoms with E-state index < -0.39 is 0 Å². The lowest BCUT2D eigenvalue weighted by atomic mass is 10.1. The minimum Gasteiger partial charge on any atom is -0.501 e. The first-order chi connectivity index (χ1) is 5.77. The van der Waals surface area contributed by atoms with Gasteiger partial charge in [-0.05, 0) is 18.8 Å². The van der Waals surface area contributed by atoms with E-state index in [4.69, 9.17) is 10.00 Å². The lowest BCUT2D eigenvalue weighted by Crippen LogP contribution is -1.90. The molecule has 1 aliphatic rings. The molecule has 0 saturated carbocycles. The molecule has 12 heavy (non-hydrogen) atoms. The Labute approximate surface area is 76.9 Å². The lowest BCUT2D eigenvalue weighted by Gasteiger charge is -2.00. The lowest BCUT2D eigenvalue weighted by molar-refractivity contribution is 0.267. The van der Waals surface area contributed by atoms with E-state index >= 15 is 0 Å². The number of hydrogen-bond donors (Lipinski definition) is 0. The van der Waals surface area contributed by atoms with E-state index in [9.17, 15) is 0 Å². The summed E-state index contributed by atoms with van der Waals surface area (Å²) in [5.74, 6) is -0.0958. The first-order valence-corrected chi connectivity index (χ1v) is 4.67. The van der Waals surface area contributed by atoms with Gasteiger partial charge in [-0.15, -0.1) is 0 Å². The van der Waals surface area contributed by atoms with Gasteiger partial charge in [0.1, 0.15) is 0 Å². The van der Waals surface area contributed by atoms with Crippen molar-refractivity contribution in [2.24, 2.45) is 5.92 Å². The molecule has 0 bridgehead atoms. The molecule has 1 aliphatic heterocycles. The third kappa shape index (κ3) is 2.05. The highest BCUT2D eigenvalue weighted by Gasteiger charge is 2.19. The number of allylic oxidation sites excluding steroid dienone is 3. The van der Waals surface area contributed by atoms with Crippen LogP contribution in [-0.4, -0.2) is 6.61 Å². The molecule has 1 atom stereocenters. The van der Waals surface area contributed by atoms with Crippen LogP contribution in [0.5, 0.6) is 0 Å². The van der Waals surface area contributed by atoms with Crippen LogP contribution < -0.4 is 0 Å². The van der Waals surface area contributed by atoms with Crippen molar-refractivity contribution in [2.75, 3.05) is 6.61 Å². The fourth-order valence-corrected chi connectivity index (χ4v) is 1.90. The molecule has 64 valence electrons. The molecule has 0 aliphatic carbocycles. The van der Waals surface area contributed by atoms with Gasteiger partial charge in [0, 0.05) is 4.91 Å². The Hall–Kier alpha value is -0.880. The second-order valence-electron chi connectivity index (χ2n) is 2.46. The third-order valence-electron chi connectivity index (χ3n) is 1.49. The molecule has 1 rings (SSSR count). The number of thioether (sulfide) groups is 1. The fraction of sp³-hybridized carbons (Fsp3) is 0.444. The first kappa shape index (κ1) is 9.21. The van der Waals surface area contributed by atoms with Gasteiger partial charge in [0.25, 0.3) is 0 Å². The van der Waals surface area contributed by atoms with Crippen LogP contribution >= 0.6 is 11.8 Å². The van der Waals surface area contributed by atoms with Gasteiger partial charge in [-0.3, -0.25) is 0 Å². The van der Waals surface area contributed by atoms with Gasteiger partial charge in [0.05, 0.1) is 24.9 Å². The molecule has 1 heterocycles. The van der Waals surface area contributed by atoms with Crippen molar-refractivity contribution < 1.29 is 4.74 Å². The van der Waals surface area contributed by atoms with E-state index in [0.717, 1.165) is 4.91 Å². The Morgan fingerprint density at radius 3 is 3.17 bits per heavy atom. The van der Waals surface area contributed by atoms with E-state index in [0.29, 0.717) is 6.61 Å². The molecular formula is C9H11NOS. The number of rotatable bonds is 2. The van der Waals surface area contributed by atoms with Gasteiger partial charge in [0.15, 0.2) is 0 Å². The molecule has 0 N–H and O–H groups in total. The number of nitriles is 1. The van der Waals surface area contributed by atoms with Crippen LogP contribution in [0.1, 0.15) is 13.8 Å². The molecule has 0 amide bonds. The van der Waals surface area contributed by atoms with E-state index in [1.807, 2.05) is 19.9 Å². The second kappa shape index (κ2) is 4.22. The summed E-state index contributed by atoms with van der Waals surface area (Å²) in [4.78, 5) is 2.17. The van der Waals surface area contributed by atoms with E-state index in [1.165, 1.54) is 4.91 Å². The minimum absolute atomic E-state index is 0.0958. The van der Waals surface area contributed by atoms with Crippen LogP contribution in [0, 0.1) is 17.2 Å². The van der Waals surface area contributed by atoms with Crippen LogP contribution in [0.15, 0.2) is 22.1 Å². The maximum absolute atomic E-state index is 8.75. The topological polar surface area (TPSA) is 33.0 Å². The molecule has 0 aromatic heterocycles. The van der Waals surface area contributed by atoms with Gasteiger partial charge in [-0.25, -0.2) is 0 Å². The van der Waals surface area contributed by atoms with Crippen molar-refractivity contribution in [1.29, 1.82) is 5.26 Å². The summed E-state index contributed by atoms with van der Waals surface area (Å²) >= 11 is 1.61. The first-order valence-electron chi connectivity index (χ1n) is 3.85. The Morgan fingerprint density at radius 1 is 1.83 bits per heavy atom. The van der Waals surface area contributed by atoms with Crippen LogP contribution in [-0.2, 0) is 4.74 Å². The normalized spacial score (nSPS) is 25.2. The summed E-state index contributed by atoms with van der Waals surface area (Å²) in [6.45, 7) is 4.58. The van der Waals surface area contributed by atoms with Crippen molar-refractivity contribution in [1.82, 2.24) is 0 Å². The van der Waals surface area contributed by atoms with Crippen LogP contribution in [0.4, 0.5) is 0 Å². The Bertz CT molecular complexity index is 262. The maximum atomic E-state index is 8.75. The summed E-state index contributed by atoms with van der Waals surface area (Å²) in [6, 6.07) is 2.21. The van der Waals surface area contributed by atoms with Crippen molar-refractivity contribution >= 4 is 11.8 Å². The van der Waals surface area contributed by atoms with E-state index in [2.05, 4.69) is 6.07 Å². The van der Waals surface area contributed by atoms with Crippen molar-refractivity contribution in [3.8, 4) is 6.07 Å². The van der Waals surface area contributed by atoms with Crippen molar-refractivity contribution in [2.45, 2.75) is 13.8 Å². The quantitative estimate of drug-likeness (QED) is 0.614. The number of ether oxygens (including phenoxy) is 1. The zero-order valence-corrected chi connectivity index (χ0v) is 8.02. The molecule has 0 spiro atoms. The highest BCUT2D eigenvalue weighted by molar-refractivity contribution is 8.07. The number of nitrogens with zero attached hydrogens (tertiary/aromatic N) is 1. The minimum atomic E-state index is -0.0958. The summed E-state index contributed by atoms with van der Waals surface area (Å²) < 4.78 is 5.13. The fourth-order valence-electron chi connectivity index (χ4n) is 0.964. The Morgan fingerprint density at radius 2 is 2.58 bits per heavy atom. The second-order valence-corrected chi connectivity index (χ2v) is 3.78. The SMILES string of the molecule is CCO/C=C1\SC(C)=CC1C#N. The van der Waals surface area contributed by atoms with Gasteiger partial charge < -0.3 is 4.74 Å². The standard InChI is InChI=1S/C9H11NOS/c1-3-11-6-9-8(5-10)4-7(2)12-9/h4,6,8H,3H2,1-2H3/b9-6-. The Balaban J connectivity index is 2.65. The van der Waals surface area contributed by atoms with Crippen LogP contribution in [0.2, 0.25) is 0 Å². The molecule has 0 aromatic carbocycles. The summed E-state index contributed by atoms with van der Waals surface area (Å²) in [6.07, 6.45) is 3.64. The molecule has 0 aromatic rings. The number of hydrogen-bond acceptors (Lipinski definition) is 3. The monoisotopic (exact) mass is 181 g/mol. The molecule has 2 nitrogen and oxygen atoms in total. The molecule has 1 unspecified atom stereocenters. The molecule has 0 fully saturated rings. The van der Waals surface area contributed by atoms with Crippen molar-refractivity contribution in [3.05, 3.63) is 22.1 Å². The van der Waals surface area contributed by atoms with Gasteiger partial charge >= 0.3 is 0 Å². The highest BCUT2D eigenvalue weighted by atomic mass is 32.2. The summed E-state index contributed by atoms with van der Waals surface area (Å²) in [7, 11) is 0. The van der Waals surface area contributed by atoms with Gasteiger partial charge in [0.2, 0.25) is 0 Å². The van der Waals surface area contributed by atoms with Gasteiger partial charge in [-0.2, -0.15) is 5.26 Å². The predicted octanol–water partition coefficient (Wildman–Crippen LogP) is 2.65. The van der Waals surface area contributed by atoms with Crippen LogP contribution in [0.3, 0.4) is 0 Å². The average molecular weight is 181 g/mol. The van der Waals surface area contributed by atoms with Crippen LogP contribution in [0.25, 0.3) is 0 Å². The van der Waals surface area contributed by atoms with Gasteiger partial charge in [-0.1, -0.05) is 17.8 Å². The molecular weight excluding hydrogens is 170 g/mol. The summed E-state index contributed by atoms with van der Waals surface area (Å²) in [5.41, 5.74) is 0. The predicted molar refractivity (Wildman–Crippen MR) is 50.2 cm³/mol. The molecule has 0 radical (unpaired) electrons. The zero-order valence-electron chi connectivity index (χ0n) is 7.20. The smallest absolute Gasteiger partial charge is 0.0996 e. The Kier molecular flexibility index (Phi) is 3.24. The molecule has 3 heteroatoms. The average Bonchev–Trinajstić information content (AvgIpc) is 2.42. The van der Waals surface area contributed by atoms with Crippen molar-refractivity contribution in [3.63, 3.8) is 0 Å².